The number of hydrogen-bond acceptors (Lipinski definition) is 17. The third-order valence-electron chi connectivity index (χ3n) is 11.1. The summed E-state index contributed by atoms with van der Waals surface area (Å²) in [7, 11) is -8.21. The van der Waals surface area contributed by atoms with Gasteiger partial charge in [-0.15, -0.1) is 13.2 Å². The number of unbranched alkanes of at least 4 members (excludes halogenated alkanes) is 16. The largest absolute Gasteiger partial charge is 0.475 e. The van der Waals surface area contributed by atoms with Gasteiger partial charge in [0.15, 0.2) is 0 Å². The van der Waals surface area contributed by atoms with E-state index in [2.05, 4.69) is 44.6 Å². The fourth-order valence-electron chi connectivity index (χ4n) is 7.12. The molecule has 0 saturated heterocycles. The van der Waals surface area contributed by atoms with Gasteiger partial charge in [-0.1, -0.05) is 136 Å². The van der Waals surface area contributed by atoms with E-state index in [1.54, 1.807) is 0 Å². The molecule has 21 heteroatoms. The minimum Gasteiger partial charge on any atom is -0.462 e. The summed E-state index contributed by atoms with van der Waals surface area (Å²) in [5.41, 5.74) is 12.4. The van der Waals surface area contributed by atoms with Crippen molar-refractivity contribution in [3.63, 3.8) is 0 Å². The molecule has 19 nitrogen and oxygen atoms in total. The highest BCUT2D eigenvalue weighted by atomic mass is 31.2. The molecule has 72 heavy (non-hydrogen) atoms. The summed E-state index contributed by atoms with van der Waals surface area (Å²) in [6.45, 7) is 14.6. The summed E-state index contributed by atoms with van der Waals surface area (Å²) < 4.78 is 81.8. The molecule has 0 radical (unpaired) electrons. The molecular formula is C51H100N4O15P2. The van der Waals surface area contributed by atoms with Gasteiger partial charge in [0.05, 0.1) is 78.2 Å². The van der Waals surface area contributed by atoms with Crippen LogP contribution in [0.5, 0.6) is 0 Å². The first kappa shape index (κ1) is 69.8. The summed E-state index contributed by atoms with van der Waals surface area (Å²) >= 11 is 0. The highest BCUT2D eigenvalue weighted by Gasteiger charge is 2.29. The molecule has 0 aromatic carbocycles. The molecule has 2 unspecified atom stereocenters. The van der Waals surface area contributed by atoms with Crippen LogP contribution in [0.2, 0.25) is 0 Å². The van der Waals surface area contributed by atoms with Gasteiger partial charge < -0.3 is 41.0 Å². The Morgan fingerprint density at radius 3 is 1.29 bits per heavy atom. The fourth-order valence-corrected chi connectivity index (χ4v) is 9.52. The van der Waals surface area contributed by atoms with Gasteiger partial charge in [-0.05, 0) is 32.1 Å². The Morgan fingerprint density at radius 1 is 0.500 bits per heavy atom. The van der Waals surface area contributed by atoms with Crippen molar-refractivity contribution in [1.82, 2.24) is 10.6 Å². The fraction of sp³-hybridized carbons (Fsp3) is 0.863. The van der Waals surface area contributed by atoms with Crippen LogP contribution in [0, 0.1) is 0 Å². The van der Waals surface area contributed by atoms with E-state index in [1.807, 2.05) is 0 Å². The maximum Gasteiger partial charge on any atom is 0.475 e. The number of phosphoric acid groups is 2. The van der Waals surface area contributed by atoms with E-state index in [4.69, 9.17) is 57.6 Å². The van der Waals surface area contributed by atoms with E-state index >= 15 is 0 Å². The zero-order valence-corrected chi connectivity index (χ0v) is 46.8. The monoisotopic (exact) mass is 1070 g/mol. The maximum absolute atomic E-state index is 13.3. The first-order valence-corrected chi connectivity index (χ1v) is 30.0. The normalized spacial score (nSPS) is 14.9. The quantitative estimate of drug-likeness (QED) is 0.0191. The molecule has 0 aliphatic carbocycles. The molecule has 0 rings (SSSR count). The maximum atomic E-state index is 13.3. The molecule has 0 saturated carbocycles. The van der Waals surface area contributed by atoms with Gasteiger partial charge in [-0.2, -0.15) is 0 Å². The molecule has 6 atom stereocenters. The van der Waals surface area contributed by atoms with Crippen LogP contribution in [-0.2, 0) is 64.8 Å². The predicted octanol–water partition coefficient (Wildman–Crippen LogP) is 10.9. The molecule has 0 spiro atoms. The third kappa shape index (κ3) is 44.1. The lowest BCUT2D eigenvalue weighted by Gasteiger charge is -2.21. The SMILES string of the molecule is C=CCOP(=O)(OCCNC(=O)NCCOP(=O)(OCC=C)OC[C@H](N)COCC[C@@H](CCCCCCC)OC(=O)CCCCCCCCCCC)OC[C@H](N)COCC[C@@H](CCCCCCC)OC(C)=O. The van der Waals surface area contributed by atoms with E-state index in [9.17, 15) is 23.5 Å². The smallest absolute Gasteiger partial charge is 0.462 e. The Labute approximate surface area is 434 Å². The van der Waals surface area contributed by atoms with Gasteiger partial charge >= 0.3 is 33.6 Å². The topological polar surface area (TPSA) is 254 Å². The highest BCUT2D eigenvalue weighted by Crippen LogP contribution is 2.50. The minimum atomic E-state index is -4.11. The lowest BCUT2D eigenvalue weighted by atomic mass is 10.1. The van der Waals surface area contributed by atoms with Crippen molar-refractivity contribution in [2.75, 3.05) is 79.2 Å². The molecule has 0 heterocycles. The second-order valence-corrected chi connectivity index (χ2v) is 21.4. The average molecular weight is 1070 g/mol. The van der Waals surface area contributed by atoms with Crippen molar-refractivity contribution in [2.24, 2.45) is 11.5 Å². The molecule has 0 bridgehead atoms. The van der Waals surface area contributed by atoms with Crippen molar-refractivity contribution < 1.29 is 69.6 Å². The summed E-state index contributed by atoms with van der Waals surface area (Å²) in [6.07, 6.45) is 27.0. The number of ether oxygens (including phenoxy) is 4. The Kier molecular flexibility index (Phi) is 46.9. The number of esters is 2. The number of rotatable bonds is 54. The number of hydrogen-bond donors (Lipinski definition) is 4. The highest BCUT2D eigenvalue weighted by molar-refractivity contribution is 7.48. The van der Waals surface area contributed by atoms with E-state index in [0.717, 1.165) is 83.5 Å². The predicted molar refractivity (Wildman–Crippen MR) is 284 cm³/mol. The number of phosphoric ester groups is 2. The number of carbonyl (C=O) groups excluding carboxylic acids is 3. The third-order valence-corrected chi connectivity index (χ3v) is 13.9. The zero-order valence-electron chi connectivity index (χ0n) is 45.0. The van der Waals surface area contributed by atoms with Crippen LogP contribution in [0.15, 0.2) is 25.3 Å². The second-order valence-electron chi connectivity index (χ2n) is 18.1. The number of amides is 2. The van der Waals surface area contributed by atoms with Crippen LogP contribution in [0.25, 0.3) is 0 Å². The standard InChI is InChI=1S/C51H100N4O15P2/c1-7-12-15-18-19-20-21-24-27-30-50(57)70-49(29-26-23-17-14-9-3)32-38-62-42-47(53)44-68-72(60,64-36-11-5)66-40-34-55-51(58)54-33-39-65-71(59,63-35-10-4)67-43-46(52)41-61-37-31-48(69-45(6)56)28-25-22-16-13-8-2/h10-11,46-49H,4-5,7-9,12-44,52-53H2,1-3,6H3,(H2,54,55,58)/t46-,47-,48-,49-,71?,72?/m1/s1. The van der Waals surface area contributed by atoms with E-state index < -0.39 is 33.8 Å². The van der Waals surface area contributed by atoms with Gasteiger partial charge in [0.25, 0.3) is 0 Å². The van der Waals surface area contributed by atoms with Crippen molar-refractivity contribution in [2.45, 2.75) is 206 Å². The molecule has 0 aromatic rings. The van der Waals surface area contributed by atoms with Crippen molar-refractivity contribution >= 4 is 33.6 Å². The van der Waals surface area contributed by atoms with Crippen LogP contribution in [0.3, 0.4) is 0 Å². The van der Waals surface area contributed by atoms with Crippen LogP contribution in [-0.4, -0.2) is 121 Å². The lowest BCUT2D eigenvalue weighted by Crippen LogP contribution is -2.38. The van der Waals surface area contributed by atoms with Gasteiger partial charge in [0, 0.05) is 39.3 Å². The number of urea groups is 1. The Balaban J connectivity index is 4.71. The minimum absolute atomic E-state index is 0.0797. The molecule has 0 aromatic heterocycles. The molecule has 0 aliphatic rings. The molecule has 424 valence electrons. The van der Waals surface area contributed by atoms with E-state index in [0.29, 0.717) is 32.5 Å². The average Bonchev–Trinajstić information content (AvgIpc) is 3.35. The second kappa shape index (κ2) is 48.4. The first-order chi connectivity index (χ1) is 34.7. The number of nitrogens with one attached hydrogen (secondary N) is 2. The molecule has 6 N–H and O–H groups in total. The Bertz CT molecular complexity index is 1450. The molecule has 0 fully saturated rings. The van der Waals surface area contributed by atoms with Crippen LogP contribution in [0.4, 0.5) is 4.79 Å². The lowest BCUT2D eigenvalue weighted by molar-refractivity contribution is -0.150. The van der Waals surface area contributed by atoms with Crippen LogP contribution < -0.4 is 22.1 Å². The summed E-state index contributed by atoms with van der Waals surface area (Å²) in [5.74, 6) is -0.493. The Morgan fingerprint density at radius 2 is 0.889 bits per heavy atom. The van der Waals surface area contributed by atoms with E-state index in [-0.39, 0.29) is 90.1 Å². The van der Waals surface area contributed by atoms with Crippen LogP contribution >= 0.6 is 15.6 Å². The van der Waals surface area contributed by atoms with Crippen LogP contribution in [0.1, 0.15) is 182 Å². The van der Waals surface area contributed by atoms with Gasteiger partial charge in [0.2, 0.25) is 0 Å². The summed E-state index contributed by atoms with van der Waals surface area (Å²) in [5, 5.41) is 5.09. The molecular weight excluding hydrogens is 971 g/mol. The van der Waals surface area contributed by atoms with E-state index in [1.165, 1.54) is 70.4 Å². The Hall–Kier alpha value is -2.25. The number of nitrogens with two attached hydrogens (primary N) is 2. The van der Waals surface area contributed by atoms with Crippen molar-refractivity contribution in [1.29, 1.82) is 0 Å². The summed E-state index contributed by atoms with van der Waals surface area (Å²) in [6, 6.07) is -1.96. The van der Waals surface area contributed by atoms with Crippen molar-refractivity contribution in [3.8, 4) is 0 Å². The first-order valence-electron chi connectivity index (χ1n) is 27.1. The van der Waals surface area contributed by atoms with Gasteiger partial charge in [0.1, 0.15) is 12.2 Å². The van der Waals surface area contributed by atoms with Crippen molar-refractivity contribution in [3.05, 3.63) is 25.3 Å². The van der Waals surface area contributed by atoms with Gasteiger partial charge in [-0.3, -0.25) is 36.7 Å². The zero-order chi connectivity index (χ0) is 53.4. The summed E-state index contributed by atoms with van der Waals surface area (Å²) in [4.78, 5) is 36.7. The number of carbonyl (C=O) groups is 3. The molecule has 0 aliphatic heterocycles. The van der Waals surface area contributed by atoms with Gasteiger partial charge in [-0.25, -0.2) is 13.9 Å². The molecule has 2 amide bonds.